The van der Waals surface area contributed by atoms with E-state index in [4.69, 9.17) is 16.7 Å². The Morgan fingerprint density at radius 2 is 2.10 bits per heavy atom. The van der Waals surface area contributed by atoms with E-state index in [2.05, 4.69) is 15.1 Å². The van der Waals surface area contributed by atoms with Gasteiger partial charge in [-0.2, -0.15) is 0 Å². The Morgan fingerprint density at radius 3 is 2.70 bits per heavy atom. The summed E-state index contributed by atoms with van der Waals surface area (Å²) in [7, 11) is 0. The number of hydrogen-bond acceptors (Lipinski definition) is 5. The van der Waals surface area contributed by atoms with E-state index in [1.54, 1.807) is 13.0 Å². The molecule has 104 valence electrons. The van der Waals surface area contributed by atoms with Crippen molar-refractivity contribution in [3.63, 3.8) is 0 Å². The fourth-order valence-corrected chi connectivity index (χ4v) is 3.04. The smallest absolute Gasteiger partial charge is 0.175 e. The number of nitrogens with one attached hydrogen (secondary N) is 2. The Kier molecular flexibility index (Phi) is 3.08. The molecule has 0 fully saturated rings. The third kappa shape index (κ3) is 2.01. The highest BCUT2D eigenvalue weighted by atomic mass is 32.2. The number of aromatic nitrogens is 3. The van der Waals surface area contributed by atoms with E-state index < -0.39 is 11.1 Å². The van der Waals surface area contributed by atoms with Crippen LogP contribution in [0.1, 0.15) is 11.5 Å². The van der Waals surface area contributed by atoms with E-state index in [9.17, 15) is 8.76 Å². The molecule has 1 aromatic carbocycles. The lowest BCUT2D eigenvalue weighted by molar-refractivity contribution is 0.393. The van der Waals surface area contributed by atoms with Crippen molar-refractivity contribution in [1.29, 1.82) is 0 Å². The van der Waals surface area contributed by atoms with Gasteiger partial charge >= 0.3 is 0 Å². The average molecular weight is 308 g/mol. The van der Waals surface area contributed by atoms with Gasteiger partial charge < -0.3 is 19.0 Å². The Labute approximate surface area is 121 Å². The molecule has 0 saturated heterocycles. The lowest BCUT2D eigenvalue weighted by atomic mass is 10.0. The average Bonchev–Trinajstić information content (AvgIpc) is 2.90. The van der Waals surface area contributed by atoms with Gasteiger partial charge in [0.25, 0.3) is 0 Å². The first kappa shape index (κ1) is 13.2. The van der Waals surface area contributed by atoms with Crippen molar-refractivity contribution < 1.29 is 13.3 Å². The number of aryl methyl sites for hydroxylation is 2. The second-order valence-electron chi connectivity index (χ2n) is 4.41. The number of imidazole rings is 1. The van der Waals surface area contributed by atoms with Crippen LogP contribution in [0.4, 0.5) is 0 Å². The molecule has 8 heteroatoms. The summed E-state index contributed by atoms with van der Waals surface area (Å²) >= 11 is 2.64. The zero-order valence-corrected chi connectivity index (χ0v) is 12.3. The lowest BCUT2D eigenvalue weighted by Crippen LogP contribution is -1.93. The minimum absolute atomic E-state index is 0.157. The van der Waals surface area contributed by atoms with Gasteiger partial charge in [-0.3, -0.25) is 4.21 Å². The normalized spacial score (nSPS) is 12.9. The molecule has 2 heterocycles. The van der Waals surface area contributed by atoms with Crippen molar-refractivity contribution in [2.45, 2.75) is 18.7 Å². The van der Waals surface area contributed by atoms with E-state index in [-0.39, 0.29) is 4.90 Å². The predicted molar refractivity (Wildman–Crippen MR) is 75.6 cm³/mol. The van der Waals surface area contributed by atoms with Gasteiger partial charge in [-0.25, -0.2) is 0 Å². The summed E-state index contributed by atoms with van der Waals surface area (Å²) < 4.78 is 28.3. The first-order valence-corrected chi connectivity index (χ1v) is 7.24. The fourth-order valence-electron chi connectivity index (χ4n) is 2.28. The third-order valence-electron chi connectivity index (χ3n) is 3.09. The summed E-state index contributed by atoms with van der Waals surface area (Å²) in [5.74, 6) is 0.638. The largest absolute Gasteiger partial charge is 0.768 e. The molecule has 3 rings (SSSR count). The van der Waals surface area contributed by atoms with Crippen LogP contribution in [0.2, 0.25) is 0 Å². The maximum absolute atomic E-state index is 11.4. The summed E-state index contributed by atoms with van der Waals surface area (Å²) in [6.07, 6.45) is 0. The van der Waals surface area contributed by atoms with Crippen molar-refractivity contribution in [2.24, 2.45) is 0 Å². The van der Waals surface area contributed by atoms with Gasteiger partial charge in [0.15, 0.2) is 4.77 Å². The van der Waals surface area contributed by atoms with Crippen LogP contribution in [0.3, 0.4) is 0 Å². The Bertz CT molecular complexity index is 872. The number of benzene rings is 1. The molecule has 0 amide bonds. The number of hydrogen-bond donors (Lipinski definition) is 2. The van der Waals surface area contributed by atoms with Crippen LogP contribution >= 0.6 is 12.2 Å². The van der Waals surface area contributed by atoms with Gasteiger partial charge in [0, 0.05) is 5.56 Å². The first-order valence-electron chi connectivity index (χ1n) is 5.76. The second-order valence-corrected chi connectivity index (χ2v) is 5.73. The van der Waals surface area contributed by atoms with Crippen molar-refractivity contribution in [2.75, 3.05) is 0 Å². The maximum Gasteiger partial charge on any atom is 0.175 e. The molecule has 3 aromatic rings. The van der Waals surface area contributed by atoms with Crippen LogP contribution in [-0.4, -0.2) is 23.9 Å². The molecule has 2 N–H and O–H groups in total. The van der Waals surface area contributed by atoms with Gasteiger partial charge in [-0.05, 0) is 54.8 Å². The van der Waals surface area contributed by atoms with Crippen LogP contribution < -0.4 is 0 Å². The molecule has 1 atom stereocenters. The van der Waals surface area contributed by atoms with E-state index >= 15 is 0 Å². The van der Waals surface area contributed by atoms with Crippen molar-refractivity contribution >= 4 is 34.3 Å². The minimum atomic E-state index is -2.37. The topological polar surface area (TPSA) is 97.7 Å². The molecular weight excluding hydrogens is 298 g/mol. The quantitative estimate of drug-likeness (QED) is 0.560. The van der Waals surface area contributed by atoms with Gasteiger partial charge in [0.05, 0.1) is 21.6 Å². The standard InChI is InChI=1S/C12H11N3O3S2/c1-5-10(6(2)18-15-5)7-3-8-11(14-12(19)13-8)9(4-7)20(16)17/h3-4H,1-2H3,(H,16,17)(H2,13,14,19)/p-1. The summed E-state index contributed by atoms with van der Waals surface area (Å²) in [6.45, 7) is 3.59. The van der Waals surface area contributed by atoms with Crippen molar-refractivity contribution in [1.82, 2.24) is 15.1 Å². The number of fused-ring (bicyclic) bond motifs is 1. The monoisotopic (exact) mass is 308 g/mol. The minimum Gasteiger partial charge on any atom is -0.768 e. The van der Waals surface area contributed by atoms with E-state index in [0.717, 1.165) is 11.1 Å². The number of H-pyrrole nitrogens is 2. The maximum atomic E-state index is 11.4. The van der Waals surface area contributed by atoms with Crippen LogP contribution in [-0.2, 0) is 11.1 Å². The van der Waals surface area contributed by atoms with Gasteiger partial charge in [0.2, 0.25) is 0 Å². The molecule has 1 unspecified atom stereocenters. The molecule has 0 radical (unpaired) electrons. The fraction of sp³-hybridized carbons (Fsp3) is 0.167. The molecule has 6 nitrogen and oxygen atoms in total. The summed E-state index contributed by atoms with van der Waals surface area (Å²) in [5.41, 5.74) is 3.32. The predicted octanol–water partition coefficient (Wildman–Crippen LogP) is 2.74. The summed E-state index contributed by atoms with van der Waals surface area (Å²) in [5, 5.41) is 3.88. The van der Waals surface area contributed by atoms with Crippen LogP contribution in [0, 0.1) is 18.6 Å². The zero-order valence-electron chi connectivity index (χ0n) is 10.6. The molecule has 0 aliphatic heterocycles. The molecule has 0 saturated carbocycles. The Hall–Kier alpha value is -1.77. The summed E-state index contributed by atoms with van der Waals surface area (Å²) in [4.78, 5) is 5.92. The van der Waals surface area contributed by atoms with Crippen molar-refractivity contribution in [3.8, 4) is 11.1 Å². The SMILES string of the molecule is Cc1noc(C)c1-c1cc(S(=O)[O-])c2[nH]c(=S)[nH]c2c1. The Morgan fingerprint density at radius 1 is 1.35 bits per heavy atom. The lowest BCUT2D eigenvalue weighted by Gasteiger charge is -2.09. The molecular formula is C12H10N3O3S2-. The van der Waals surface area contributed by atoms with Gasteiger partial charge in [0.1, 0.15) is 5.76 Å². The van der Waals surface area contributed by atoms with Crippen LogP contribution in [0.25, 0.3) is 22.2 Å². The highest BCUT2D eigenvalue weighted by Crippen LogP contribution is 2.31. The number of nitrogens with zero attached hydrogens (tertiary/aromatic N) is 1. The molecule has 2 aromatic heterocycles. The van der Waals surface area contributed by atoms with Crippen LogP contribution in [0.5, 0.6) is 0 Å². The first-order chi connectivity index (χ1) is 9.47. The van der Waals surface area contributed by atoms with E-state index in [1.807, 2.05) is 13.0 Å². The number of aromatic amines is 2. The van der Waals surface area contributed by atoms with Crippen LogP contribution in [0.15, 0.2) is 21.6 Å². The van der Waals surface area contributed by atoms with E-state index in [1.165, 1.54) is 0 Å². The highest BCUT2D eigenvalue weighted by molar-refractivity contribution is 7.79. The van der Waals surface area contributed by atoms with Gasteiger partial charge in [-0.15, -0.1) is 0 Å². The van der Waals surface area contributed by atoms with Gasteiger partial charge in [-0.1, -0.05) is 5.16 Å². The molecule has 0 aliphatic carbocycles. The molecule has 20 heavy (non-hydrogen) atoms. The summed E-state index contributed by atoms with van der Waals surface area (Å²) in [6, 6.07) is 3.40. The second kappa shape index (κ2) is 4.65. The molecule has 0 aliphatic rings. The highest BCUT2D eigenvalue weighted by Gasteiger charge is 2.15. The number of rotatable bonds is 2. The van der Waals surface area contributed by atoms with E-state index in [0.29, 0.717) is 27.3 Å². The molecule has 0 bridgehead atoms. The Balaban J connectivity index is 2.38. The zero-order chi connectivity index (χ0) is 14.4. The van der Waals surface area contributed by atoms with Crippen molar-refractivity contribution in [3.05, 3.63) is 28.4 Å². The molecule has 0 spiro atoms. The third-order valence-corrected chi connectivity index (χ3v) is 3.98.